The predicted octanol–water partition coefficient (Wildman–Crippen LogP) is 2.23. The van der Waals surface area contributed by atoms with E-state index in [4.69, 9.17) is 0 Å². The maximum atomic E-state index is 12.2. The highest BCUT2D eigenvalue weighted by atomic mass is 16.4. The maximum absolute atomic E-state index is 12.2. The molecular formula is C20H14O3. The van der Waals surface area contributed by atoms with Crippen molar-refractivity contribution in [3.63, 3.8) is 0 Å². The Hall–Kier alpha value is -2.94. The molecule has 3 heteroatoms. The highest BCUT2D eigenvalue weighted by Gasteiger charge is 2.26. The van der Waals surface area contributed by atoms with E-state index in [1.165, 1.54) is 0 Å². The van der Waals surface area contributed by atoms with Crippen LogP contribution < -0.4 is 10.4 Å². The molecule has 0 amide bonds. The number of hydrogen-bond acceptors (Lipinski definition) is 2. The first kappa shape index (κ1) is 13.7. The maximum Gasteiger partial charge on any atom is 0.332 e. The summed E-state index contributed by atoms with van der Waals surface area (Å²) < 4.78 is 0. The highest BCUT2D eigenvalue weighted by molar-refractivity contribution is 6.24. The number of fused-ring (bicyclic) bond motifs is 5. The van der Waals surface area contributed by atoms with Gasteiger partial charge in [0.25, 0.3) is 0 Å². The minimum absolute atomic E-state index is 0.157. The Morgan fingerprint density at radius 1 is 0.957 bits per heavy atom. The summed E-state index contributed by atoms with van der Waals surface area (Å²) in [5.74, 6) is -1.80. The van der Waals surface area contributed by atoms with Crippen LogP contribution in [0.3, 0.4) is 0 Å². The first-order valence-corrected chi connectivity index (χ1v) is 7.51. The van der Waals surface area contributed by atoms with Crippen molar-refractivity contribution in [2.24, 2.45) is 5.92 Å². The smallest absolute Gasteiger partial charge is 0.332 e. The molecule has 3 nitrogen and oxygen atoms in total. The molecule has 1 unspecified atom stereocenters. The molecule has 0 saturated heterocycles. The lowest BCUT2D eigenvalue weighted by molar-refractivity contribution is -0.131. The van der Waals surface area contributed by atoms with Crippen LogP contribution in [0.2, 0.25) is 0 Å². The van der Waals surface area contributed by atoms with Crippen molar-refractivity contribution in [2.75, 3.05) is 0 Å². The minimum atomic E-state index is -1.03. The van der Waals surface area contributed by atoms with Gasteiger partial charge >= 0.3 is 5.97 Å². The highest BCUT2D eigenvalue weighted by Crippen LogP contribution is 2.23. The van der Waals surface area contributed by atoms with Gasteiger partial charge in [0.2, 0.25) is 0 Å². The van der Waals surface area contributed by atoms with Gasteiger partial charge in [0.05, 0.1) is 11.5 Å². The Bertz CT molecular complexity index is 1120. The van der Waals surface area contributed by atoms with E-state index in [1.54, 1.807) is 13.0 Å². The second kappa shape index (κ2) is 4.78. The molecule has 1 N–H and O–H groups in total. The molecule has 112 valence electrons. The second-order valence-corrected chi connectivity index (χ2v) is 5.90. The zero-order chi connectivity index (χ0) is 16.1. The van der Waals surface area contributed by atoms with Gasteiger partial charge in [-0.1, -0.05) is 55.5 Å². The molecule has 1 atom stereocenters. The van der Waals surface area contributed by atoms with Crippen LogP contribution in [-0.4, -0.2) is 16.9 Å². The van der Waals surface area contributed by atoms with Gasteiger partial charge in [-0.05, 0) is 38.1 Å². The molecule has 0 heterocycles. The van der Waals surface area contributed by atoms with E-state index in [0.29, 0.717) is 10.4 Å². The zero-order valence-electron chi connectivity index (χ0n) is 12.5. The van der Waals surface area contributed by atoms with Crippen molar-refractivity contribution in [3.05, 3.63) is 59.0 Å². The summed E-state index contributed by atoms with van der Waals surface area (Å²) in [6.07, 6.45) is 1.59. The predicted molar refractivity (Wildman–Crippen MR) is 90.4 cm³/mol. The quantitative estimate of drug-likeness (QED) is 0.701. The molecule has 1 aliphatic carbocycles. The summed E-state index contributed by atoms with van der Waals surface area (Å²) in [5.41, 5.74) is 0.183. The fourth-order valence-electron chi connectivity index (χ4n) is 3.45. The normalized spacial score (nSPS) is 17.2. The number of hydrogen-bond donors (Lipinski definition) is 1. The van der Waals surface area contributed by atoms with E-state index in [9.17, 15) is 14.7 Å². The fraction of sp³-hybridized carbons (Fsp3) is 0.100. The lowest BCUT2D eigenvalue weighted by Gasteiger charge is -2.15. The molecule has 0 aliphatic heterocycles. The van der Waals surface area contributed by atoms with Gasteiger partial charge in [0.1, 0.15) is 0 Å². The summed E-state index contributed by atoms with van der Waals surface area (Å²) in [7, 11) is 0. The Labute approximate surface area is 132 Å². The molecule has 1 aliphatic rings. The van der Waals surface area contributed by atoms with Crippen LogP contribution in [0.25, 0.3) is 33.2 Å². The number of carbonyl (C=O) groups is 2. The summed E-state index contributed by atoms with van der Waals surface area (Å²) in [6, 6.07) is 15.8. The molecule has 0 aromatic heterocycles. The Balaban J connectivity index is 2.27. The number of benzene rings is 3. The summed E-state index contributed by atoms with van der Waals surface area (Å²) >= 11 is 0. The Morgan fingerprint density at radius 3 is 2.48 bits per heavy atom. The molecule has 0 bridgehead atoms. The van der Waals surface area contributed by atoms with Gasteiger partial charge in [-0.25, -0.2) is 4.79 Å². The molecule has 3 aromatic carbocycles. The van der Waals surface area contributed by atoms with Gasteiger partial charge in [0.15, 0.2) is 5.78 Å². The number of carbonyl (C=O) groups excluding carboxylic acids is 1. The van der Waals surface area contributed by atoms with Crippen LogP contribution in [0.15, 0.2) is 48.5 Å². The van der Waals surface area contributed by atoms with Crippen LogP contribution in [-0.2, 0) is 9.59 Å². The summed E-state index contributed by atoms with van der Waals surface area (Å²) in [6.45, 7) is 1.65. The van der Waals surface area contributed by atoms with Gasteiger partial charge in [-0.15, -0.1) is 0 Å². The van der Waals surface area contributed by atoms with Crippen molar-refractivity contribution in [3.8, 4) is 0 Å². The molecule has 0 saturated carbocycles. The van der Waals surface area contributed by atoms with Gasteiger partial charge in [0, 0.05) is 0 Å². The van der Waals surface area contributed by atoms with E-state index in [0.717, 1.165) is 21.5 Å². The standard InChI is InChI=1S/C20H14O3/c1-11-18(21)10-17-15-7-6-12-4-2-3-5-13(12)14(15)8-9-16(17)19(11)20(22)23/h2-11H,1H3,(H,22,23). The third kappa shape index (κ3) is 1.90. The van der Waals surface area contributed by atoms with Crippen molar-refractivity contribution in [2.45, 2.75) is 6.92 Å². The first-order chi connectivity index (χ1) is 11.1. The van der Waals surface area contributed by atoms with E-state index in [1.807, 2.05) is 48.5 Å². The zero-order valence-corrected chi connectivity index (χ0v) is 12.5. The van der Waals surface area contributed by atoms with Crippen LogP contribution in [0.4, 0.5) is 0 Å². The lowest BCUT2D eigenvalue weighted by atomic mass is 9.87. The molecule has 0 radical (unpaired) electrons. The Morgan fingerprint density at radius 2 is 1.70 bits per heavy atom. The van der Waals surface area contributed by atoms with Crippen LogP contribution >= 0.6 is 0 Å². The molecular weight excluding hydrogens is 288 g/mol. The summed E-state index contributed by atoms with van der Waals surface area (Å²) in [4.78, 5) is 23.9. The van der Waals surface area contributed by atoms with E-state index < -0.39 is 11.9 Å². The van der Waals surface area contributed by atoms with Crippen LogP contribution in [0, 0.1) is 5.92 Å². The SMILES string of the molecule is CC1C(=O)C=c2c(ccc3c2ccc2ccccc23)=C1C(=O)O. The largest absolute Gasteiger partial charge is 0.478 e. The van der Waals surface area contributed by atoms with E-state index >= 15 is 0 Å². The molecule has 4 rings (SSSR count). The number of carboxylic acids is 1. The third-order valence-electron chi connectivity index (χ3n) is 4.63. The van der Waals surface area contributed by atoms with Crippen molar-refractivity contribution >= 4 is 44.9 Å². The van der Waals surface area contributed by atoms with Crippen molar-refractivity contribution in [1.29, 1.82) is 0 Å². The van der Waals surface area contributed by atoms with Gasteiger partial charge in [-0.2, -0.15) is 0 Å². The van der Waals surface area contributed by atoms with E-state index in [2.05, 4.69) is 0 Å². The van der Waals surface area contributed by atoms with E-state index in [-0.39, 0.29) is 11.4 Å². The molecule has 23 heavy (non-hydrogen) atoms. The number of ketones is 1. The van der Waals surface area contributed by atoms with Gasteiger partial charge in [-0.3, -0.25) is 4.79 Å². The summed E-state index contributed by atoms with van der Waals surface area (Å²) in [5, 5.41) is 15.0. The lowest BCUT2D eigenvalue weighted by Crippen LogP contribution is -2.39. The monoisotopic (exact) mass is 302 g/mol. The Kier molecular flexibility index (Phi) is 2.85. The van der Waals surface area contributed by atoms with Gasteiger partial charge < -0.3 is 5.11 Å². The average molecular weight is 302 g/mol. The van der Waals surface area contributed by atoms with Crippen LogP contribution in [0.5, 0.6) is 0 Å². The van der Waals surface area contributed by atoms with Crippen molar-refractivity contribution in [1.82, 2.24) is 0 Å². The second-order valence-electron chi connectivity index (χ2n) is 5.90. The molecule has 3 aromatic rings. The first-order valence-electron chi connectivity index (χ1n) is 7.51. The number of aliphatic carboxylic acids is 1. The topological polar surface area (TPSA) is 54.4 Å². The molecule has 0 spiro atoms. The number of carboxylic acid groups (broad SMARTS) is 1. The van der Waals surface area contributed by atoms with Crippen LogP contribution in [0.1, 0.15) is 6.92 Å². The third-order valence-corrected chi connectivity index (χ3v) is 4.63. The van der Waals surface area contributed by atoms with Crippen molar-refractivity contribution < 1.29 is 14.7 Å². The average Bonchev–Trinajstić information content (AvgIpc) is 2.55. The number of rotatable bonds is 1. The fourth-order valence-corrected chi connectivity index (χ4v) is 3.45. The number of Topliss-reactive ketones (excluding diaryl/α,β-unsaturated/α-hetero) is 1. The molecule has 0 fully saturated rings. The minimum Gasteiger partial charge on any atom is -0.478 e.